The summed E-state index contributed by atoms with van der Waals surface area (Å²) in [7, 11) is 1.27. The Morgan fingerprint density at radius 2 is 2.10 bits per heavy atom. The Morgan fingerprint density at radius 3 is 2.75 bits per heavy atom. The Kier molecular flexibility index (Phi) is 4.62. The van der Waals surface area contributed by atoms with Crippen LogP contribution in [0.4, 0.5) is 5.82 Å². The minimum absolute atomic E-state index is 0.0257. The molecule has 0 bridgehead atoms. The summed E-state index contributed by atoms with van der Waals surface area (Å²) in [5.41, 5.74) is 0.924. The largest absolute Gasteiger partial charge is 0.463 e. The predicted octanol–water partition coefficient (Wildman–Crippen LogP) is 1.41. The van der Waals surface area contributed by atoms with Crippen LogP contribution in [0.25, 0.3) is 0 Å². The molecular formula is C14H15N3O3. The number of hydrogen-bond donors (Lipinski definition) is 2. The first-order valence-electron chi connectivity index (χ1n) is 6.08. The summed E-state index contributed by atoms with van der Waals surface area (Å²) < 4.78 is 4.57. The van der Waals surface area contributed by atoms with Gasteiger partial charge in [0.15, 0.2) is 0 Å². The molecule has 1 atom stereocenters. The molecule has 1 unspecified atom stereocenters. The lowest BCUT2D eigenvalue weighted by Crippen LogP contribution is -2.17. The second-order valence-corrected chi connectivity index (χ2v) is 4.05. The van der Waals surface area contributed by atoms with Gasteiger partial charge >= 0.3 is 5.97 Å². The number of nitrogens with one attached hydrogen (secondary N) is 1. The van der Waals surface area contributed by atoms with E-state index >= 15 is 0 Å². The molecule has 0 spiro atoms. The van der Waals surface area contributed by atoms with Gasteiger partial charge in [-0.05, 0) is 11.6 Å². The molecule has 0 fully saturated rings. The summed E-state index contributed by atoms with van der Waals surface area (Å²) in [6.45, 7) is -0.0957. The normalized spacial score (nSPS) is 11.7. The Labute approximate surface area is 116 Å². The van der Waals surface area contributed by atoms with Crippen molar-refractivity contribution in [2.24, 2.45) is 0 Å². The number of benzene rings is 1. The molecule has 0 radical (unpaired) electrons. The first kappa shape index (κ1) is 14.0. The summed E-state index contributed by atoms with van der Waals surface area (Å²) in [6.07, 6.45) is 1.46. The van der Waals surface area contributed by atoms with Crippen LogP contribution in [0.1, 0.15) is 22.2 Å². The number of esters is 1. The molecular weight excluding hydrogens is 258 g/mol. The van der Waals surface area contributed by atoms with Gasteiger partial charge in [0.1, 0.15) is 5.82 Å². The van der Waals surface area contributed by atoms with Crippen LogP contribution in [-0.4, -0.2) is 34.8 Å². The SMILES string of the molecule is COC(=O)c1nccc(NC(CO)c2ccccc2)n1. The van der Waals surface area contributed by atoms with E-state index in [9.17, 15) is 9.90 Å². The van der Waals surface area contributed by atoms with Crippen LogP contribution >= 0.6 is 0 Å². The summed E-state index contributed by atoms with van der Waals surface area (Å²) >= 11 is 0. The molecule has 6 nitrogen and oxygen atoms in total. The molecule has 1 heterocycles. The van der Waals surface area contributed by atoms with E-state index in [0.29, 0.717) is 5.82 Å². The van der Waals surface area contributed by atoms with E-state index in [1.807, 2.05) is 30.3 Å². The highest BCUT2D eigenvalue weighted by Crippen LogP contribution is 2.17. The highest BCUT2D eigenvalue weighted by atomic mass is 16.5. The number of rotatable bonds is 5. The molecule has 0 amide bonds. The van der Waals surface area contributed by atoms with Crippen molar-refractivity contribution in [3.8, 4) is 0 Å². The van der Waals surface area contributed by atoms with Gasteiger partial charge in [-0.15, -0.1) is 0 Å². The molecule has 0 aliphatic heterocycles. The topological polar surface area (TPSA) is 84.3 Å². The highest BCUT2D eigenvalue weighted by Gasteiger charge is 2.13. The average Bonchev–Trinajstić information content (AvgIpc) is 2.53. The van der Waals surface area contributed by atoms with Crippen LogP contribution in [0.2, 0.25) is 0 Å². The lowest BCUT2D eigenvalue weighted by Gasteiger charge is -2.17. The zero-order chi connectivity index (χ0) is 14.4. The van der Waals surface area contributed by atoms with E-state index in [1.165, 1.54) is 13.3 Å². The quantitative estimate of drug-likeness (QED) is 0.801. The van der Waals surface area contributed by atoms with E-state index in [0.717, 1.165) is 5.56 Å². The maximum atomic E-state index is 11.4. The number of carbonyl (C=O) groups is 1. The maximum Gasteiger partial charge on any atom is 0.376 e. The van der Waals surface area contributed by atoms with Crippen molar-refractivity contribution in [2.75, 3.05) is 19.0 Å². The zero-order valence-electron chi connectivity index (χ0n) is 11.0. The number of ether oxygens (including phenoxy) is 1. The number of methoxy groups -OCH3 is 1. The fourth-order valence-electron chi connectivity index (χ4n) is 1.73. The van der Waals surface area contributed by atoms with Crippen LogP contribution in [-0.2, 0) is 4.74 Å². The minimum atomic E-state index is -0.603. The van der Waals surface area contributed by atoms with Crippen molar-refractivity contribution in [1.82, 2.24) is 9.97 Å². The predicted molar refractivity (Wildman–Crippen MR) is 73.3 cm³/mol. The highest BCUT2D eigenvalue weighted by molar-refractivity contribution is 5.85. The van der Waals surface area contributed by atoms with Gasteiger partial charge in [0.05, 0.1) is 19.8 Å². The molecule has 1 aromatic carbocycles. The van der Waals surface area contributed by atoms with Gasteiger partial charge in [0, 0.05) is 6.20 Å². The molecule has 20 heavy (non-hydrogen) atoms. The third-order valence-electron chi connectivity index (χ3n) is 2.73. The van der Waals surface area contributed by atoms with Gasteiger partial charge in [-0.3, -0.25) is 0 Å². The lowest BCUT2D eigenvalue weighted by molar-refractivity contribution is 0.0587. The van der Waals surface area contributed by atoms with E-state index in [4.69, 9.17) is 0 Å². The van der Waals surface area contributed by atoms with E-state index in [2.05, 4.69) is 20.0 Å². The molecule has 1 aromatic heterocycles. The third kappa shape index (κ3) is 3.30. The van der Waals surface area contributed by atoms with Gasteiger partial charge in [-0.1, -0.05) is 30.3 Å². The van der Waals surface area contributed by atoms with Gasteiger partial charge in [-0.25, -0.2) is 14.8 Å². The smallest absolute Gasteiger partial charge is 0.376 e. The number of nitrogens with zero attached hydrogens (tertiary/aromatic N) is 2. The molecule has 0 saturated heterocycles. The minimum Gasteiger partial charge on any atom is -0.463 e. The number of anilines is 1. The van der Waals surface area contributed by atoms with E-state index in [-0.39, 0.29) is 18.5 Å². The fraction of sp³-hybridized carbons (Fsp3) is 0.214. The second-order valence-electron chi connectivity index (χ2n) is 4.05. The molecule has 2 N–H and O–H groups in total. The van der Waals surface area contributed by atoms with Crippen molar-refractivity contribution in [1.29, 1.82) is 0 Å². The van der Waals surface area contributed by atoms with E-state index in [1.54, 1.807) is 6.07 Å². The molecule has 2 rings (SSSR count). The number of aromatic nitrogens is 2. The monoisotopic (exact) mass is 273 g/mol. The van der Waals surface area contributed by atoms with Crippen LogP contribution in [0.5, 0.6) is 0 Å². The van der Waals surface area contributed by atoms with Gasteiger partial charge < -0.3 is 15.2 Å². The molecule has 0 saturated carbocycles. The molecule has 2 aromatic rings. The van der Waals surface area contributed by atoms with Crippen molar-refractivity contribution in [3.63, 3.8) is 0 Å². The van der Waals surface area contributed by atoms with Gasteiger partial charge in [0.2, 0.25) is 5.82 Å². The molecule has 104 valence electrons. The van der Waals surface area contributed by atoms with E-state index < -0.39 is 5.97 Å². The van der Waals surface area contributed by atoms with Crippen molar-refractivity contribution >= 4 is 11.8 Å². The van der Waals surface area contributed by atoms with Crippen molar-refractivity contribution in [3.05, 3.63) is 54.0 Å². The maximum absolute atomic E-state index is 11.4. The Morgan fingerprint density at radius 1 is 1.35 bits per heavy atom. The van der Waals surface area contributed by atoms with Crippen molar-refractivity contribution in [2.45, 2.75) is 6.04 Å². The molecule has 0 aliphatic carbocycles. The number of hydrogen-bond acceptors (Lipinski definition) is 6. The zero-order valence-corrected chi connectivity index (χ0v) is 11.0. The number of aliphatic hydroxyl groups excluding tert-OH is 1. The fourth-order valence-corrected chi connectivity index (χ4v) is 1.73. The van der Waals surface area contributed by atoms with Crippen LogP contribution < -0.4 is 5.32 Å². The van der Waals surface area contributed by atoms with Gasteiger partial charge in [-0.2, -0.15) is 0 Å². The van der Waals surface area contributed by atoms with Gasteiger partial charge in [0.25, 0.3) is 0 Å². The lowest BCUT2D eigenvalue weighted by atomic mass is 10.1. The Bertz CT molecular complexity index is 575. The number of carbonyl (C=O) groups excluding carboxylic acids is 1. The van der Waals surface area contributed by atoms with Crippen LogP contribution in [0.3, 0.4) is 0 Å². The summed E-state index contributed by atoms with van der Waals surface area (Å²) in [6, 6.07) is 10.8. The Balaban J connectivity index is 2.18. The second kappa shape index (κ2) is 6.63. The Hall–Kier alpha value is -2.47. The number of aliphatic hydroxyl groups is 1. The van der Waals surface area contributed by atoms with Crippen LogP contribution in [0.15, 0.2) is 42.6 Å². The standard InChI is InChI=1S/C14H15N3O3/c1-20-14(19)13-15-8-7-12(17-13)16-11(9-18)10-5-3-2-4-6-10/h2-8,11,18H,9H2,1H3,(H,15,16,17). The average molecular weight is 273 g/mol. The first-order chi connectivity index (χ1) is 9.74. The first-order valence-corrected chi connectivity index (χ1v) is 6.08. The third-order valence-corrected chi connectivity index (χ3v) is 2.73. The molecule has 6 heteroatoms. The van der Waals surface area contributed by atoms with Crippen molar-refractivity contribution < 1.29 is 14.6 Å². The molecule has 0 aliphatic rings. The summed E-state index contributed by atoms with van der Waals surface area (Å²) in [4.78, 5) is 19.2. The summed E-state index contributed by atoms with van der Waals surface area (Å²) in [5.74, 6) is -0.181. The van der Waals surface area contributed by atoms with Crippen LogP contribution in [0, 0.1) is 0 Å². The summed E-state index contributed by atoms with van der Waals surface area (Å²) in [5, 5.41) is 12.5.